The molecule has 0 unspecified atom stereocenters. The number of nitrogen functional groups attached to an aromatic ring is 1. The highest BCUT2D eigenvalue weighted by Crippen LogP contribution is 2.23. The van der Waals surface area contributed by atoms with Crippen molar-refractivity contribution < 1.29 is 13.2 Å². The standard InChI is InChI=1S/C18H23N3O3S.ClH/c1-4-21(5-2)25(23,24)17-12-14(11-10-13(17)3)18(22)20-16-9-7-6-8-15(16)19;/h6-12H,4-5,19H2,1-3H3,(H,20,22);1H. The van der Waals surface area contributed by atoms with Gasteiger partial charge in [0.15, 0.2) is 0 Å². The molecule has 0 aliphatic heterocycles. The SMILES string of the molecule is CCN(CC)S(=O)(=O)c1cc(C(=O)Nc2ccccc2N)ccc1C.Cl. The van der Waals surface area contributed by atoms with Gasteiger partial charge in [0, 0.05) is 18.7 Å². The third kappa shape index (κ3) is 4.55. The fraction of sp³-hybridized carbons (Fsp3) is 0.278. The summed E-state index contributed by atoms with van der Waals surface area (Å²) in [5.41, 5.74) is 7.62. The minimum absolute atomic E-state index is 0. The van der Waals surface area contributed by atoms with Crippen molar-refractivity contribution in [3.05, 3.63) is 53.6 Å². The van der Waals surface area contributed by atoms with Crippen LogP contribution in [-0.2, 0) is 10.0 Å². The number of rotatable bonds is 6. The molecule has 0 saturated carbocycles. The Hall–Kier alpha value is -2.09. The number of nitrogens with two attached hydrogens (primary N) is 1. The third-order valence-corrected chi connectivity index (χ3v) is 6.17. The number of amides is 1. The molecule has 1 amide bonds. The number of hydrogen-bond acceptors (Lipinski definition) is 4. The van der Waals surface area contributed by atoms with E-state index in [-0.39, 0.29) is 22.9 Å². The molecule has 0 aliphatic carbocycles. The van der Waals surface area contributed by atoms with E-state index in [1.807, 2.05) is 0 Å². The predicted molar refractivity (Wildman–Crippen MR) is 107 cm³/mol. The van der Waals surface area contributed by atoms with Crippen molar-refractivity contribution >= 4 is 39.7 Å². The first kappa shape index (κ1) is 22.0. The first-order valence-electron chi connectivity index (χ1n) is 8.07. The molecule has 2 aromatic rings. The fourth-order valence-electron chi connectivity index (χ4n) is 2.53. The number of benzene rings is 2. The van der Waals surface area contributed by atoms with Crippen LogP contribution in [0.2, 0.25) is 0 Å². The zero-order valence-corrected chi connectivity index (χ0v) is 16.7. The Labute approximate surface area is 160 Å². The van der Waals surface area contributed by atoms with Crippen LogP contribution in [-0.4, -0.2) is 31.7 Å². The third-order valence-electron chi connectivity index (χ3n) is 3.98. The topological polar surface area (TPSA) is 92.5 Å². The van der Waals surface area contributed by atoms with Crippen LogP contribution in [0.25, 0.3) is 0 Å². The molecule has 0 fully saturated rings. The van der Waals surface area contributed by atoms with Crippen molar-refractivity contribution in [1.29, 1.82) is 0 Å². The maximum absolute atomic E-state index is 12.8. The fourth-order valence-corrected chi connectivity index (χ4v) is 4.24. The first-order chi connectivity index (χ1) is 11.8. The van der Waals surface area contributed by atoms with Gasteiger partial charge >= 0.3 is 0 Å². The van der Waals surface area contributed by atoms with Crippen LogP contribution in [0.3, 0.4) is 0 Å². The molecule has 0 saturated heterocycles. The van der Waals surface area contributed by atoms with Crippen molar-refractivity contribution in [2.24, 2.45) is 0 Å². The number of carbonyl (C=O) groups is 1. The Morgan fingerprint density at radius 1 is 1.12 bits per heavy atom. The lowest BCUT2D eigenvalue weighted by atomic mass is 10.1. The number of anilines is 2. The molecule has 0 aliphatic rings. The van der Waals surface area contributed by atoms with Crippen molar-refractivity contribution in [3.63, 3.8) is 0 Å². The molecule has 142 valence electrons. The van der Waals surface area contributed by atoms with Gasteiger partial charge in [-0.25, -0.2) is 8.42 Å². The van der Waals surface area contributed by atoms with E-state index in [2.05, 4.69) is 5.32 Å². The molecule has 26 heavy (non-hydrogen) atoms. The second kappa shape index (κ2) is 9.02. The number of carbonyl (C=O) groups excluding carboxylic acids is 1. The normalized spacial score (nSPS) is 11.1. The van der Waals surface area contributed by atoms with Gasteiger partial charge in [-0.3, -0.25) is 4.79 Å². The van der Waals surface area contributed by atoms with E-state index >= 15 is 0 Å². The molecule has 8 heteroatoms. The van der Waals surface area contributed by atoms with Gasteiger partial charge in [-0.15, -0.1) is 12.4 Å². The highest BCUT2D eigenvalue weighted by Gasteiger charge is 2.24. The average molecular weight is 398 g/mol. The largest absolute Gasteiger partial charge is 0.397 e. The molecule has 0 bridgehead atoms. The molecule has 0 aromatic heterocycles. The molecule has 0 heterocycles. The molecule has 6 nitrogen and oxygen atoms in total. The van der Waals surface area contributed by atoms with Gasteiger partial charge in [0.2, 0.25) is 10.0 Å². The molecule has 0 atom stereocenters. The second-order valence-corrected chi connectivity index (χ2v) is 7.52. The number of aryl methyl sites for hydroxylation is 1. The molecule has 2 rings (SSSR count). The van der Waals surface area contributed by atoms with Gasteiger partial charge in [0.05, 0.1) is 16.3 Å². The summed E-state index contributed by atoms with van der Waals surface area (Å²) in [5.74, 6) is -0.408. The number of nitrogens with one attached hydrogen (secondary N) is 1. The van der Waals surface area contributed by atoms with Crippen LogP contribution in [0.5, 0.6) is 0 Å². The van der Waals surface area contributed by atoms with E-state index in [0.29, 0.717) is 30.0 Å². The quantitative estimate of drug-likeness (QED) is 0.731. The Morgan fingerprint density at radius 2 is 1.73 bits per heavy atom. The van der Waals surface area contributed by atoms with Crippen molar-refractivity contribution in [2.75, 3.05) is 24.1 Å². The van der Waals surface area contributed by atoms with E-state index in [1.54, 1.807) is 57.2 Å². The van der Waals surface area contributed by atoms with E-state index in [1.165, 1.54) is 10.4 Å². The molecule has 0 spiro atoms. The number of hydrogen-bond donors (Lipinski definition) is 2. The Kier molecular flexibility index (Phi) is 7.62. The molecule has 2 aromatic carbocycles. The molecule has 0 radical (unpaired) electrons. The summed E-state index contributed by atoms with van der Waals surface area (Å²) in [6, 6.07) is 11.6. The van der Waals surface area contributed by atoms with Gasteiger partial charge < -0.3 is 11.1 Å². The van der Waals surface area contributed by atoms with Gasteiger partial charge in [0.1, 0.15) is 0 Å². The monoisotopic (exact) mass is 397 g/mol. The van der Waals surface area contributed by atoms with Crippen LogP contribution in [0.15, 0.2) is 47.4 Å². The van der Waals surface area contributed by atoms with Gasteiger partial charge in [-0.05, 0) is 36.8 Å². The maximum Gasteiger partial charge on any atom is 0.255 e. The Morgan fingerprint density at radius 3 is 2.31 bits per heavy atom. The predicted octanol–water partition coefficient (Wildman–Crippen LogP) is 3.28. The minimum atomic E-state index is -3.64. The summed E-state index contributed by atoms with van der Waals surface area (Å²) < 4.78 is 26.9. The van der Waals surface area contributed by atoms with Crippen molar-refractivity contribution in [3.8, 4) is 0 Å². The Balaban J connectivity index is 0.00000338. The lowest BCUT2D eigenvalue weighted by molar-refractivity contribution is 0.102. The summed E-state index contributed by atoms with van der Waals surface area (Å²) in [7, 11) is -3.64. The molecule has 3 N–H and O–H groups in total. The summed E-state index contributed by atoms with van der Waals surface area (Å²) in [6.45, 7) is 6.02. The number of nitrogens with zero attached hydrogens (tertiary/aromatic N) is 1. The van der Waals surface area contributed by atoms with E-state index < -0.39 is 15.9 Å². The van der Waals surface area contributed by atoms with Crippen molar-refractivity contribution in [1.82, 2.24) is 4.31 Å². The summed E-state index contributed by atoms with van der Waals surface area (Å²) in [5, 5.41) is 2.71. The lowest BCUT2D eigenvalue weighted by Gasteiger charge is -2.20. The van der Waals surface area contributed by atoms with Crippen LogP contribution in [0.1, 0.15) is 29.8 Å². The molecular formula is C18H24ClN3O3S. The average Bonchev–Trinajstić information content (AvgIpc) is 2.58. The lowest BCUT2D eigenvalue weighted by Crippen LogP contribution is -2.31. The summed E-state index contributed by atoms with van der Waals surface area (Å²) in [6.07, 6.45) is 0. The van der Waals surface area contributed by atoms with E-state index in [4.69, 9.17) is 5.73 Å². The highest BCUT2D eigenvalue weighted by atomic mass is 35.5. The van der Waals surface area contributed by atoms with E-state index in [9.17, 15) is 13.2 Å². The van der Waals surface area contributed by atoms with Crippen LogP contribution in [0.4, 0.5) is 11.4 Å². The minimum Gasteiger partial charge on any atom is -0.397 e. The van der Waals surface area contributed by atoms with E-state index in [0.717, 1.165) is 0 Å². The zero-order valence-electron chi connectivity index (χ0n) is 15.0. The smallest absolute Gasteiger partial charge is 0.255 e. The van der Waals surface area contributed by atoms with Crippen molar-refractivity contribution in [2.45, 2.75) is 25.7 Å². The maximum atomic E-state index is 12.8. The van der Waals surface area contributed by atoms with Gasteiger partial charge in [-0.2, -0.15) is 4.31 Å². The Bertz CT molecular complexity index is 881. The molecular weight excluding hydrogens is 374 g/mol. The van der Waals surface area contributed by atoms with Crippen LogP contribution < -0.4 is 11.1 Å². The second-order valence-electron chi connectivity index (χ2n) is 5.61. The van der Waals surface area contributed by atoms with Crippen LogP contribution >= 0.6 is 12.4 Å². The number of para-hydroxylation sites is 2. The van der Waals surface area contributed by atoms with Gasteiger partial charge in [0.25, 0.3) is 5.91 Å². The summed E-state index contributed by atoms with van der Waals surface area (Å²) >= 11 is 0. The number of halogens is 1. The number of sulfonamides is 1. The highest BCUT2D eigenvalue weighted by molar-refractivity contribution is 7.89. The first-order valence-corrected chi connectivity index (χ1v) is 9.51. The zero-order chi connectivity index (χ0) is 18.6. The summed E-state index contributed by atoms with van der Waals surface area (Å²) in [4.78, 5) is 12.6. The van der Waals surface area contributed by atoms with Crippen LogP contribution in [0, 0.1) is 6.92 Å². The van der Waals surface area contributed by atoms with Gasteiger partial charge in [-0.1, -0.05) is 32.0 Å².